The summed E-state index contributed by atoms with van der Waals surface area (Å²) in [6, 6.07) is 3.18. The summed E-state index contributed by atoms with van der Waals surface area (Å²) in [5, 5.41) is 4.69. The van der Waals surface area contributed by atoms with Crippen molar-refractivity contribution in [1.29, 1.82) is 0 Å². The molecule has 1 aliphatic heterocycles. The van der Waals surface area contributed by atoms with Crippen LogP contribution in [0.4, 0.5) is 10.5 Å². The van der Waals surface area contributed by atoms with Gasteiger partial charge in [-0.1, -0.05) is 0 Å². The van der Waals surface area contributed by atoms with Crippen molar-refractivity contribution >= 4 is 34.7 Å². The van der Waals surface area contributed by atoms with Gasteiger partial charge in [-0.15, -0.1) is 0 Å². The van der Waals surface area contributed by atoms with E-state index < -0.39 is 6.03 Å². The Bertz CT molecular complexity index is 802. The molecule has 0 atom stereocenters. The van der Waals surface area contributed by atoms with Crippen molar-refractivity contribution in [3.63, 3.8) is 0 Å². The number of carbonyl (C=O) groups is 2. The number of urea groups is 1. The highest BCUT2D eigenvalue weighted by atomic mass is 16.2. The second-order valence-electron chi connectivity index (χ2n) is 5.30. The standard InChI is InChI=1S/C15H17N5O2/c1-3-20(4-2,15(16)22)10-5-11-13-9(7-17-12(13)6-10)8-18-19-14(11)21/h5-8H,3-4H2,1-2H3,(H3-,16,17,18,19,21,22)/p+1. The molecule has 0 unspecified atom stereocenters. The summed E-state index contributed by atoms with van der Waals surface area (Å²) in [5.74, 6) is -0.295. The van der Waals surface area contributed by atoms with Crippen LogP contribution in [0.5, 0.6) is 0 Å². The molecule has 22 heavy (non-hydrogen) atoms. The fourth-order valence-corrected chi connectivity index (χ4v) is 3.06. The smallest absolute Gasteiger partial charge is 0.360 e. The van der Waals surface area contributed by atoms with Gasteiger partial charge in [-0.3, -0.25) is 4.79 Å². The zero-order valence-electron chi connectivity index (χ0n) is 12.5. The monoisotopic (exact) mass is 300 g/mol. The number of aromatic nitrogens is 1. The maximum Gasteiger partial charge on any atom is 0.419 e. The Morgan fingerprint density at radius 3 is 2.68 bits per heavy atom. The van der Waals surface area contributed by atoms with Gasteiger partial charge in [0.2, 0.25) is 0 Å². The summed E-state index contributed by atoms with van der Waals surface area (Å²) in [4.78, 5) is 27.4. The number of aromatic amines is 1. The number of primary amides is 1. The Morgan fingerprint density at radius 2 is 2.05 bits per heavy atom. The van der Waals surface area contributed by atoms with Crippen LogP contribution in [0.2, 0.25) is 0 Å². The lowest BCUT2D eigenvalue weighted by Crippen LogP contribution is -2.57. The Balaban J connectivity index is 2.33. The molecule has 114 valence electrons. The number of nitrogens with two attached hydrogens (primary N) is 1. The predicted molar refractivity (Wildman–Crippen MR) is 85.8 cm³/mol. The second kappa shape index (κ2) is 4.96. The third kappa shape index (κ3) is 1.82. The van der Waals surface area contributed by atoms with Crippen LogP contribution in [0.25, 0.3) is 10.9 Å². The van der Waals surface area contributed by atoms with Gasteiger partial charge in [-0.05, 0) is 13.8 Å². The first-order valence-corrected chi connectivity index (χ1v) is 7.19. The normalized spacial score (nSPS) is 14.0. The molecule has 2 heterocycles. The summed E-state index contributed by atoms with van der Waals surface area (Å²) >= 11 is 0. The van der Waals surface area contributed by atoms with E-state index in [1.807, 2.05) is 19.9 Å². The van der Waals surface area contributed by atoms with Crippen LogP contribution in [0.3, 0.4) is 0 Å². The van der Waals surface area contributed by atoms with E-state index in [0.29, 0.717) is 24.3 Å². The molecule has 3 amide bonds. The molecular formula is C15H18N5O2+. The lowest BCUT2D eigenvalue weighted by atomic mass is 10.0. The molecule has 7 heteroatoms. The molecule has 2 aromatic rings. The molecule has 1 aromatic heterocycles. The minimum absolute atomic E-state index is 0.00850. The Kier molecular flexibility index (Phi) is 3.22. The van der Waals surface area contributed by atoms with Crippen molar-refractivity contribution < 1.29 is 9.59 Å². The van der Waals surface area contributed by atoms with Crippen molar-refractivity contribution in [3.8, 4) is 0 Å². The van der Waals surface area contributed by atoms with Gasteiger partial charge < -0.3 is 10.7 Å². The number of amides is 3. The number of rotatable bonds is 3. The number of hydrogen-bond donors (Lipinski definition) is 3. The Labute approximate surface area is 127 Å². The van der Waals surface area contributed by atoms with Crippen LogP contribution in [0.15, 0.2) is 23.4 Å². The highest BCUT2D eigenvalue weighted by molar-refractivity contribution is 6.15. The second-order valence-corrected chi connectivity index (χ2v) is 5.30. The zero-order chi connectivity index (χ0) is 15.9. The van der Waals surface area contributed by atoms with Crippen molar-refractivity contribution in [2.45, 2.75) is 13.8 Å². The van der Waals surface area contributed by atoms with E-state index in [2.05, 4.69) is 15.5 Å². The van der Waals surface area contributed by atoms with Gasteiger partial charge in [0.1, 0.15) is 5.69 Å². The van der Waals surface area contributed by atoms with E-state index in [9.17, 15) is 9.59 Å². The highest BCUT2D eigenvalue weighted by Gasteiger charge is 2.35. The Hall–Kier alpha value is -2.67. The van der Waals surface area contributed by atoms with Crippen LogP contribution < -0.4 is 15.6 Å². The molecule has 0 saturated heterocycles. The molecule has 0 fully saturated rings. The SMILES string of the molecule is CC[N+](CC)(C(N)=O)c1cc2c3c(c[nH]c3c1)C=NNC2=O. The number of hydrazone groups is 1. The Morgan fingerprint density at radius 1 is 1.32 bits per heavy atom. The average molecular weight is 300 g/mol. The number of nitrogens with one attached hydrogen (secondary N) is 2. The summed E-state index contributed by atoms with van der Waals surface area (Å²) in [7, 11) is 0. The minimum Gasteiger partial charge on any atom is -0.360 e. The molecule has 1 aliphatic rings. The molecule has 0 saturated carbocycles. The van der Waals surface area contributed by atoms with Crippen molar-refractivity contribution in [3.05, 3.63) is 29.5 Å². The molecule has 3 rings (SSSR count). The highest BCUT2D eigenvalue weighted by Crippen LogP contribution is 2.32. The third-order valence-corrected chi connectivity index (χ3v) is 4.41. The lowest BCUT2D eigenvalue weighted by Gasteiger charge is -2.31. The van der Waals surface area contributed by atoms with Gasteiger partial charge in [0.25, 0.3) is 5.91 Å². The van der Waals surface area contributed by atoms with Crippen molar-refractivity contribution in [2.75, 3.05) is 13.1 Å². The predicted octanol–water partition coefficient (Wildman–Crippen LogP) is 1.67. The largest absolute Gasteiger partial charge is 0.419 e. The molecule has 0 bridgehead atoms. The van der Waals surface area contributed by atoms with Gasteiger partial charge in [0, 0.05) is 29.3 Å². The molecule has 7 nitrogen and oxygen atoms in total. The van der Waals surface area contributed by atoms with Gasteiger partial charge in [0.15, 0.2) is 0 Å². The topological polar surface area (TPSA) is 100 Å². The molecule has 0 spiro atoms. The van der Waals surface area contributed by atoms with Crippen LogP contribution in [-0.2, 0) is 0 Å². The van der Waals surface area contributed by atoms with Crippen LogP contribution >= 0.6 is 0 Å². The van der Waals surface area contributed by atoms with E-state index in [0.717, 1.165) is 16.5 Å². The number of hydrogen-bond acceptors (Lipinski definition) is 3. The summed E-state index contributed by atoms with van der Waals surface area (Å²) in [6.07, 6.45) is 3.39. The van der Waals surface area contributed by atoms with Crippen molar-refractivity contribution in [1.82, 2.24) is 14.9 Å². The van der Waals surface area contributed by atoms with E-state index in [-0.39, 0.29) is 10.4 Å². The maximum absolute atomic E-state index is 12.3. The van der Waals surface area contributed by atoms with Crippen molar-refractivity contribution in [2.24, 2.45) is 10.8 Å². The van der Waals surface area contributed by atoms with E-state index in [1.54, 1.807) is 18.5 Å². The zero-order valence-corrected chi connectivity index (χ0v) is 12.5. The number of H-pyrrole nitrogens is 1. The van der Waals surface area contributed by atoms with Gasteiger partial charge in [-0.25, -0.2) is 14.7 Å². The van der Waals surface area contributed by atoms with E-state index >= 15 is 0 Å². The average Bonchev–Trinajstić information content (AvgIpc) is 2.83. The lowest BCUT2D eigenvalue weighted by molar-refractivity contribution is 0.0957. The van der Waals surface area contributed by atoms with Crippen LogP contribution in [-0.4, -0.2) is 36.2 Å². The van der Waals surface area contributed by atoms with Gasteiger partial charge >= 0.3 is 6.03 Å². The van der Waals surface area contributed by atoms with E-state index in [1.165, 1.54) is 0 Å². The van der Waals surface area contributed by atoms with E-state index in [4.69, 9.17) is 5.73 Å². The van der Waals surface area contributed by atoms with Gasteiger partial charge in [0.05, 0.1) is 30.4 Å². The molecule has 1 aromatic carbocycles. The maximum atomic E-state index is 12.3. The molecule has 4 N–H and O–H groups in total. The molecule has 0 aliphatic carbocycles. The molecule has 0 radical (unpaired) electrons. The fraction of sp³-hybridized carbons (Fsp3) is 0.267. The van der Waals surface area contributed by atoms with Gasteiger partial charge in [-0.2, -0.15) is 5.10 Å². The third-order valence-electron chi connectivity index (χ3n) is 4.41. The van der Waals surface area contributed by atoms with Crippen LogP contribution in [0.1, 0.15) is 29.8 Å². The summed E-state index contributed by atoms with van der Waals surface area (Å²) in [6.45, 7) is 4.84. The first-order chi connectivity index (χ1) is 10.5. The first-order valence-electron chi connectivity index (χ1n) is 7.19. The molecular weight excluding hydrogens is 282 g/mol. The van der Waals surface area contributed by atoms with Crippen LogP contribution in [0, 0.1) is 0 Å². The summed E-state index contributed by atoms with van der Waals surface area (Å²) in [5.41, 5.74) is 10.9. The number of quaternary nitrogens is 1. The number of benzene rings is 1. The number of nitrogens with zero attached hydrogens (tertiary/aromatic N) is 2. The first kappa shape index (κ1) is 14.3. The quantitative estimate of drug-likeness (QED) is 0.751. The fourth-order valence-electron chi connectivity index (χ4n) is 3.06. The minimum atomic E-state index is -0.436. The summed E-state index contributed by atoms with van der Waals surface area (Å²) < 4.78 is -0.00850. The number of carbonyl (C=O) groups excluding carboxylic acids is 2.